The summed E-state index contributed by atoms with van der Waals surface area (Å²) in [6.45, 7) is 3.02. The van der Waals surface area contributed by atoms with Crippen LogP contribution in [0.2, 0.25) is 0 Å². The van der Waals surface area contributed by atoms with Gasteiger partial charge in [-0.25, -0.2) is 4.79 Å². The zero-order valence-corrected chi connectivity index (χ0v) is 13.0. The molecule has 0 aliphatic carbocycles. The van der Waals surface area contributed by atoms with Gasteiger partial charge < -0.3 is 26.6 Å². The number of thiol groups is 1. The molecular formula is C12H23N3O5S. The number of aliphatic hydroxyl groups is 1. The Bertz CT molecular complexity index is 380. The van der Waals surface area contributed by atoms with E-state index in [4.69, 9.17) is 15.9 Å². The molecule has 8 nitrogen and oxygen atoms in total. The number of carbonyl (C=O) groups excluding carboxylic acids is 2. The summed E-state index contributed by atoms with van der Waals surface area (Å²) < 4.78 is 0. The van der Waals surface area contributed by atoms with E-state index in [0.29, 0.717) is 6.42 Å². The molecule has 2 amide bonds. The van der Waals surface area contributed by atoms with Crippen LogP contribution in [-0.4, -0.2) is 58.5 Å². The highest BCUT2D eigenvalue weighted by Crippen LogP contribution is 2.09. The van der Waals surface area contributed by atoms with Crippen molar-refractivity contribution < 1.29 is 24.6 Å². The molecule has 122 valence electrons. The molecule has 4 unspecified atom stereocenters. The third kappa shape index (κ3) is 6.32. The van der Waals surface area contributed by atoms with Crippen LogP contribution in [0.4, 0.5) is 0 Å². The Kier molecular flexibility index (Phi) is 8.98. The number of rotatable bonds is 9. The Morgan fingerprint density at radius 2 is 1.81 bits per heavy atom. The first-order valence-corrected chi connectivity index (χ1v) is 7.22. The number of hydrogen-bond acceptors (Lipinski definition) is 6. The van der Waals surface area contributed by atoms with Gasteiger partial charge in [-0.05, 0) is 5.92 Å². The van der Waals surface area contributed by atoms with Gasteiger partial charge in [-0.15, -0.1) is 0 Å². The first kappa shape index (κ1) is 19.7. The van der Waals surface area contributed by atoms with Crippen LogP contribution in [-0.2, 0) is 14.4 Å². The third-order valence-electron chi connectivity index (χ3n) is 3.12. The van der Waals surface area contributed by atoms with Crippen molar-refractivity contribution in [2.75, 3.05) is 12.4 Å². The maximum absolute atomic E-state index is 12.1. The fourth-order valence-electron chi connectivity index (χ4n) is 1.49. The van der Waals surface area contributed by atoms with E-state index in [1.54, 1.807) is 6.92 Å². The van der Waals surface area contributed by atoms with E-state index in [1.165, 1.54) is 0 Å². The highest BCUT2D eigenvalue weighted by Gasteiger charge is 2.30. The van der Waals surface area contributed by atoms with Gasteiger partial charge in [0.1, 0.15) is 18.1 Å². The van der Waals surface area contributed by atoms with E-state index >= 15 is 0 Å². The van der Waals surface area contributed by atoms with E-state index in [9.17, 15) is 14.4 Å². The Labute approximate surface area is 128 Å². The summed E-state index contributed by atoms with van der Waals surface area (Å²) in [5, 5.41) is 22.5. The van der Waals surface area contributed by atoms with Crippen LogP contribution in [0.15, 0.2) is 0 Å². The normalized spacial score (nSPS) is 16.4. The number of amides is 2. The lowest BCUT2D eigenvalue weighted by atomic mass is 9.97. The lowest BCUT2D eigenvalue weighted by Crippen LogP contribution is -2.57. The minimum Gasteiger partial charge on any atom is -0.480 e. The van der Waals surface area contributed by atoms with Crippen molar-refractivity contribution in [2.45, 2.75) is 38.4 Å². The zero-order valence-electron chi connectivity index (χ0n) is 12.1. The van der Waals surface area contributed by atoms with E-state index in [-0.39, 0.29) is 11.7 Å². The number of hydrogen-bond donors (Lipinski definition) is 6. The van der Waals surface area contributed by atoms with Crippen molar-refractivity contribution in [3.8, 4) is 0 Å². The molecule has 0 aromatic heterocycles. The molecule has 0 aromatic rings. The summed E-state index contributed by atoms with van der Waals surface area (Å²) in [6, 6.07) is -3.21. The van der Waals surface area contributed by atoms with Crippen LogP contribution >= 0.6 is 12.6 Å². The van der Waals surface area contributed by atoms with Crippen LogP contribution in [0.1, 0.15) is 20.3 Å². The largest absolute Gasteiger partial charge is 0.480 e. The van der Waals surface area contributed by atoms with Crippen LogP contribution < -0.4 is 16.4 Å². The number of nitrogens with one attached hydrogen (secondary N) is 2. The van der Waals surface area contributed by atoms with E-state index in [1.807, 2.05) is 6.92 Å². The summed E-state index contributed by atoms with van der Waals surface area (Å²) in [7, 11) is 0. The number of aliphatic carboxylic acids is 1. The van der Waals surface area contributed by atoms with Gasteiger partial charge in [0.15, 0.2) is 0 Å². The molecule has 0 aliphatic heterocycles. The van der Waals surface area contributed by atoms with Gasteiger partial charge in [0.25, 0.3) is 0 Å². The topological polar surface area (TPSA) is 142 Å². The van der Waals surface area contributed by atoms with Gasteiger partial charge in [-0.1, -0.05) is 20.3 Å². The molecule has 0 aromatic carbocycles. The van der Waals surface area contributed by atoms with Crippen LogP contribution in [0.5, 0.6) is 0 Å². The molecule has 0 radical (unpaired) electrons. The molecule has 0 saturated heterocycles. The fourth-order valence-corrected chi connectivity index (χ4v) is 1.74. The van der Waals surface area contributed by atoms with Crippen LogP contribution in [0.25, 0.3) is 0 Å². The fraction of sp³-hybridized carbons (Fsp3) is 0.750. The summed E-state index contributed by atoms with van der Waals surface area (Å²) in [6.07, 6.45) is 0.589. The SMILES string of the molecule is CCC(C)C(NC(=O)C(N)CO)C(=O)NC(CS)C(=O)O. The quantitative estimate of drug-likeness (QED) is 0.281. The van der Waals surface area contributed by atoms with Crippen molar-refractivity contribution in [3.05, 3.63) is 0 Å². The molecule has 0 spiro atoms. The van der Waals surface area contributed by atoms with E-state index < -0.39 is 42.5 Å². The summed E-state index contributed by atoms with van der Waals surface area (Å²) in [5.74, 6) is -2.80. The number of carboxylic acid groups (broad SMARTS) is 1. The van der Waals surface area contributed by atoms with Gasteiger partial charge in [-0.3, -0.25) is 9.59 Å². The molecule has 0 rings (SSSR count). The molecule has 0 heterocycles. The van der Waals surface area contributed by atoms with Crippen LogP contribution in [0, 0.1) is 5.92 Å². The van der Waals surface area contributed by atoms with Crippen molar-refractivity contribution >= 4 is 30.4 Å². The van der Waals surface area contributed by atoms with E-state index in [2.05, 4.69) is 23.3 Å². The Morgan fingerprint density at radius 3 is 2.19 bits per heavy atom. The summed E-state index contributed by atoms with van der Waals surface area (Å²) in [5.41, 5.74) is 5.38. The van der Waals surface area contributed by atoms with Crippen molar-refractivity contribution in [1.82, 2.24) is 10.6 Å². The maximum atomic E-state index is 12.1. The molecule has 0 bridgehead atoms. The Hall–Kier alpha value is -1.32. The van der Waals surface area contributed by atoms with Gasteiger partial charge in [0.2, 0.25) is 11.8 Å². The molecule has 0 saturated carbocycles. The predicted molar refractivity (Wildman–Crippen MR) is 79.9 cm³/mol. The van der Waals surface area contributed by atoms with Crippen molar-refractivity contribution in [1.29, 1.82) is 0 Å². The average molecular weight is 321 g/mol. The minimum absolute atomic E-state index is 0.0710. The van der Waals surface area contributed by atoms with E-state index in [0.717, 1.165) is 0 Å². The third-order valence-corrected chi connectivity index (χ3v) is 3.49. The molecular weight excluding hydrogens is 298 g/mol. The molecule has 4 atom stereocenters. The standard InChI is InChI=1S/C12H23N3O5S/c1-3-6(2)9(15-10(17)7(13)4-16)11(18)14-8(5-21)12(19)20/h6-9,16,21H,3-5,13H2,1-2H3,(H,14,18)(H,15,17)(H,19,20). The van der Waals surface area contributed by atoms with Crippen LogP contribution in [0.3, 0.4) is 0 Å². The van der Waals surface area contributed by atoms with Gasteiger partial charge >= 0.3 is 5.97 Å². The molecule has 0 fully saturated rings. The number of aliphatic hydroxyl groups excluding tert-OH is 1. The molecule has 0 aliphatic rings. The second kappa shape index (κ2) is 9.59. The van der Waals surface area contributed by atoms with Gasteiger partial charge in [0.05, 0.1) is 6.61 Å². The van der Waals surface area contributed by atoms with Gasteiger partial charge in [-0.2, -0.15) is 12.6 Å². The summed E-state index contributed by atoms with van der Waals surface area (Å²) in [4.78, 5) is 34.7. The average Bonchev–Trinajstić information content (AvgIpc) is 2.47. The highest BCUT2D eigenvalue weighted by molar-refractivity contribution is 7.80. The lowest BCUT2D eigenvalue weighted by molar-refractivity contribution is -0.141. The Balaban J connectivity index is 4.94. The second-order valence-electron chi connectivity index (χ2n) is 4.74. The first-order valence-electron chi connectivity index (χ1n) is 6.59. The first-order chi connectivity index (χ1) is 9.78. The second-order valence-corrected chi connectivity index (χ2v) is 5.11. The predicted octanol–water partition coefficient (Wildman–Crippen LogP) is -1.66. The minimum atomic E-state index is -1.21. The summed E-state index contributed by atoms with van der Waals surface area (Å²) >= 11 is 3.85. The van der Waals surface area contributed by atoms with Crippen molar-refractivity contribution in [3.63, 3.8) is 0 Å². The maximum Gasteiger partial charge on any atom is 0.327 e. The zero-order chi connectivity index (χ0) is 16.6. The Morgan fingerprint density at radius 1 is 1.24 bits per heavy atom. The monoisotopic (exact) mass is 321 g/mol. The number of carboxylic acids is 1. The number of nitrogens with two attached hydrogens (primary N) is 1. The lowest BCUT2D eigenvalue weighted by Gasteiger charge is -2.26. The molecule has 6 N–H and O–H groups in total. The number of carbonyl (C=O) groups is 3. The van der Waals surface area contributed by atoms with Crippen molar-refractivity contribution in [2.24, 2.45) is 11.7 Å². The molecule has 9 heteroatoms. The highest BCUT2D eigenvalue weighted by atomic mass is 32.1. The smallest absolute Gasteiger partial charge is 0.327 e. The van der Waals surface area contributed by atoms with Gasteiger partial charge in [0, 0.05) is 5.75 Å². The molecule has 21 heavy (non-hydrogen) atoms.